The SMILES string of the molecule is CC(=O)n1c(=O)n(C(C)=O)c2c(CCCCC(=O)O)scc21. The maximum atomic E-state index is 12.2. The molecule has 0 aliphatic carbocycles. The molecule has 0 saturated carbocycles. The van der Waals surface area contributed by atoms with Gasteiger partial charge >= 0.3 is 11.7 Å². The van der Waals surface area contributed by atoms with Crippen molar-refractivity contribution in [2.75, 3.05) is 0 Å². The standard InChI is InChI=1S/C14H16N2O5S/c1-8(17)15-10-7-22-11(5-3-4-6-12(19)20)13(10)16(9(2)18)14(15)21/h7H,3-6H2,1-2H3,(H,19,20). The minimum Gasteiger partial charge on any atom is -0.481 e. The summed E-state index contributed by atoms with van der Waals surface area (Å²) in [6, 6.07) is 0. The van der Waals surface area contributed by atoms with Gasteiger partial charge in [-0.25, -0.2) is 13.9 Å². The molecule has 0 amide bonds. The first-order chi connectivity index (χ1) is 10.3. The molecule has 0 aliphatic rings. The summed E-state index contributed by atoms with van der Waals surface area (Å²) in [5.74, 6) is -1.73. The van der Waals surface area contributed by atoms with E-state index in [4.69, 9.17) is 5.11 Å². The Morgan fingerprint density at radius 3 is 2.32 bits per heavy atom. The molecule has 0 radical (unpaired) electrons. The second-order valence-corrected chi connectivity index (χ2v) is 5.95. The number of rotatable bonds is 5. The number of nitrogens with zero attached hydrogens (tertiary/aromatic N) is 2. The van der Waals surface area contributed by atoms with Crippen LogP contribution in [-0.2, 0) is 11.2 Å². The number of hydrogen-bond donors (Lipinski definition) is 1. The van der Waals surface area contributed by atoms with Gasteiger partial charge in [0.15, 0.2) is 0 Å². The van der Waals surface area contributed by atoms with Gasteiger partial charge in [-0.2, -0.15) is 0 Å². The first kappa shape index (κ1) is 16.2. The van der Waals surface area contributed by atoms with E-state index in [0.717, 1.165) is 14.0 Å². The van der Waals surface area contributed by atoms with Crippen LogP contribution in [0.1, 0.15) is 47.6 Å². The van der Waals surface area contributed by atoms with Gasteiger partial charge in [-0.1, -0.05) is 0 Å². The highest BCUT2D eigenvalue weighted by Gasteiger charge is 2.22. The van der Waals surface area contributed by atoms with Crippen molar-refractivity contribution in [2.24, 2.45) is 0 Å². The molecule has 0 aliphatic heterocycles. The van der Waals surface area contributed by atoms with Gasteiger partial charge in [0.25, 0.3) is 0 Å². The van der Waals surface area contributed by atoms with E-state index in [1.807, 2.05) is 0 Å². The summed E-state index contributed by atoms with van der Waals surface area (Å²) in [5.41, 5.74) is 0.253. The van der Waals surface area contributed by atoms with E-state index < -0.39 is 23.5 Å². The second-order valence-electron chi connectivity index (χ2n) is 4.99. The number of carboxylic acids is 1. The van der Waals surface area contributed by atoms with Crippen molar-refractivity contribution in [1.82, 2.24) is 9.13 Å². The third-order valence-electron chi connectivity index (χ3n) is 3.34. The van der Waals surface area contributed by atoms with Crippen LogP contribution in [0.3, 0.4) is 0 Å². The Bertz CT molecular complexity index is 811. The number of imidazole rings is 1. The fraction of sp³-hybridized carbons (Fsp3) is 0.429. The van der Waals surface area contributed by atoms with Crippen LogP contribution in [0.5, 0.6) is 0 Å². The van der Waals surface area contributed by atoms with Crippen molar-refractivity contribution in [3.05, 3.63) is 20.7 Å². The number of thiophene rings is 1. The third-order valence-corrected chi connectivity index (χ3v) is 4.36. The quantitative estimate of drug-likeness (QED) is 0.848. The van der Waals surface area contributed by atoms with Crippen LogP contribution in [0.25, 0.3) is 11.0 Å². The number of unbranched alkanes of at least 4 members (excludes halogenated alkanes) is 1. The highest BCUT2D eigenvalue weighted by atomic mass is 32.1. The molecule has 0 atom stereocenters. The highest BCUT2D eigenvalue weighted by molar-refractivity contribution is 7.11. The first-order valence-corrected chi connectivity index (χ1v) is 7.70. The van der Waals surface area contributed by atoms with E-state index in [9.17, 15) is 19.2 Å². The average molecular weight is 324 g/mol. The Balaban J connectivity index is 2.43. The van der Waals surface area contributed by atoms with Crippen LogP contribution in [0.4, 0.5) is 0 Å². The number of aryl methyl sites for hydroxylation is 1. The topological polar surface area (TPSA) is 98.4 Å². The van der Waals surface area contributed by atoms with Gasteiger partial charge in [-0.05, 0) is 19.3 Å². The molecule has 0 fully saturated rings. The summed E-state index contributed by atoms with van der Waals surface area (Å²) in [7, 11) is 0. The van der Waals surface area contributed by atoms with Gasteiger partial charge in [0.2, 0.25) is 11.8 Å². The lowest BCUT2D eigenvalue weighted by Crippen LogP contribution is -2.30. The van der Waals surface area contributed by atoms with Crippen LogP contribution in [-0.4, -0.2) is 32.0 Å². The molecule has 1 N–H and O–H groups in total. The zero-order valence-corrected chi connectivity index (χ0v) is 13.1. The number of aromatic nitrogens is 2. The number of hydrogen-bond acceptors (Lipinski definition) is 5. The molecule has 118 valence electrons. The monoisotopic (exact) mass is 324 g/mol. The van der Waals surface area contributed by atoms with Crippen LogP contribution >= 0.6 is 11.3 Å². The fourth-order valence-electron chi connectivity index (χ4n) is 2.41. The lowest BCUT2D eigenvalue weighted by Gasteiger charge is -2.00. The molecule has 0 bridgehead atoms. The van der Waals surface area contributed by atoms with Crippen LogP contribution < -0.4 is 5.69 Å². The fourth-order valence-corrected chi connectivity index (χ4v) is 3.45. The molecule has 2 heterocycles. The maximum Gasteiger partial charge on any atom is 0.342 e. The highest BCUT2D eigenvalue weighted by Crippen LogP contribution is 2.27. The summed E-state index contributed by atoms with van der Waals surface area (Å²) in [6.45, 7) is 2.55. The van der Waals surface area contributed by atoms with Crippen molar-refractivity contribution in [2.45, 2.75) is 39.5 Å². The van der Waals surface area contributed by atoms with Gasteiger partial charge in [-0.3, -0.25) is 14.4 Å². The number of fused-ring (bicyclic) bond motifs is 1. The van der Waals surface area contributed by atoms with E-state index in [-0.39, 0.29) is 6.42 Å². The van der Waals surface area contributed by atoms with Gasteiger partial charge in [0.05, 0.1) is 11.0 Å². The smallest absolute Gasteiger partial charge is 0.342 e. The molecule has 2 rings (SSSR count). The molecular formula is C14H16N2O5S. The van der Waals surface area contributed by atoms with E-state index in [1.165, 1.54) is 25.2 Å². The molecule has 2 aromatic rings. The molecule has 22 heavy (non-hydrogen) atoms. The van der Waals surface area contributed by atoms with Gasteiger partial charge < -0.3 is 5.11 Å². The lowest BCUT2D eigenvalue weighted by molar-refractivity contribution is -0.137. The first-order valence-electron chi connectivity index (χ1n) is 6.82. The predicted molar refractivity (Wildman–Crippen MR) is 81.9 cm³/mol. The predicted octanol–water partition coefficient (Wildman–Crippen LogP) is 1.98. The maximum absolute atomic E-state index is 12.2. The van der Waals surface area contributed by atoms with Gasteiger partial charge in [-0.15, -0.1) is 11.3 Å². The Labute approximate surface area is 129 Å². The summed E-state index contributed by atoms with van der Waals surface area (Å²) < 4.78 is 2.01. The largest absolute Gasteiger partial charge is 0.481 e. The Morgan fingerprint density at radius 1 is 1.14 bits per heavy atom. The Hall–Kier alpha value is -2.22. The Morgan fingerprint density at radius 2 is 1.77 bits per heavy atom. The van der Waals surface area contributed by atoms with E-state index >= 15 is 0 Å². The molecule has 0 saturated heterocycles. The third kappa shape index (κ3) is 2.87. The summed E-state index contributed by atoms with van der Waals surface area (Å²) >= 11 is 1.37. The van der Waals surface area contributed by atoms with E-state index in [0.29, 0.717) is 30.3 Å². The normalized spacial score (nSPS) is 11.0. The molecule has 8 heteroatoms. The van der Waals surface area contributed by atoms with Crippen molar-refractivity contribution in [1.29, 1.82) is 0 Å². The van der Waals surface area contributed by atoms with Crippen LogP contribution in [0.2, 0.25) is 0 Å². The number of carboxylic acid groups (broad SMARTS) is 1. The minimum atomic E-state index is -0.847. The van der Waals surface area contributed by atoms with E-state index in [2.05, 4.69) is 0 Å². The molecular weight excluding hydrogens is 308 g/mol. The van der Waals surface area contributed by atoms with Crippen molar-refractivity contribution in [3.63, 3.8) is 0 Å². The molecule has 0 spiro atoms. The van der Waals surface area contributed by atoms with Crippen molar-refractivity contribution in [3.8, 4) is 0 Å². The number of carbonyl (C=O) groups excluding carboxylic acids is 2. The number of aliphatic carboxylic acids is 1. The average Bonchev–Trinajstić information content (AvgIpc) is 2.90. The lowest BCUT2D eigenvalue weighted by atomic mass is 10.1. The van der Waals surface area contributed by atoms with Gasteiger partial charge in [0.1, 0.15) is 0 Å². The van der Waals surface area contributed by atoms with Crippen molar-refractivity contribution >= 4 is 40.2 Å². The number of carbonyl (C=O) groups is 3. The molecule has 0 unspecified atom stereocenters. The van der Waals surface area contributed by atoms with Crippen LogP contribution in [0, 0.1) is 0 Å². The summed E-state index contributed by atoms with van der Waals surface area (Å²) in [5, 5.41) is 10.3. The van der Waals surface area contributed by atoms with E-state index in [1.54, 1.807) is 5.38 Å². The summed E-state index contributed by atoms with van der Waals surface area (Å²) in [4.78, 5) is 46.9. The summed E-state index contributed by atoms with van der Waals surface area (Å²) in [6.07, 6.45) is 1.81. The second kappa shape index (κ2) is 6.27. The zero-order chi connectivity index (χ0) is 16.4. The molecule has 2 aromatic heterocycles. The molecule has 7 nitrogen and oxygen atoms in total. The Kier molecular flexibility index (Phi) is 4.60. The van der Waals surface area contributed by atoms with Crippen LogP contribution in [0.15, 0.2) is 10.2 Å². The van der Waals surface area contributed by atoms with Gasteiger partial charge in [0, 0.05) is 30.5 Å². The van der Waals surface area contributed by atoms with Crippen molar-refractivity contribution < 1.29 is 19.5 Å². The molecule has 0 aromatic carbocycles. The minimum absolute atomic E-state index is 0.0858. The zero-order valence-electron chi connectivity index (χ0n) is 12.3.